The molecule has 10 aromatic rings. The summed E-state index contributed by atoms with van der Waals surface area (Å²) in [7, 11) is 0. The van der Waals surface area contributed by atoms with Crippen LogP contribution in [0.15, 0.2) is 218 Å². The summed E-state index contributed by atoms with van der Waals surface area (Å²) in [5.74, 6) is 0. The average molecular weight is 751 g/mol. The Morgan fingerprint density at radius 1 is 0.288 bits per heavy atom. The average Bonchev–Trinajstić information content (AvgIpc) is 3.30. The highest BCUT2D eigenvalue weighted by Crippen LogP contribution is 2.32. The lowest BCUT2D eigenvalue weighted by Crippen LogP contribution is -1.92. The molecule has 0 N–H and O–H groups in total. The van der Waals surface area contributed by atoms with Crippen molar-refractivity contribution in [1.29, 1.82) is 0 Å². The molecule has 59 heavy (non-hydrogen) atoms. The first kappa shape index (κ1) is 35.8. The molecule has 10 aromatic carbocycles. The predicted molar refractivity (Wildman–Crippen MR) is 256 cm³/mol. The largest absolute Gasteiger partial charge is 0.0616 e. The molecule has 0 bridgehead atoms. The molecular weight excluding hydrogens is 709 g/mol. The monoisotopic (exact) mass is 750 g/mol. The zero-order valence-electron chi connectivity index (χ0n) is 32.8. The molecule has 0 aliphatic carbocycles. The quantitative estimate of drug-likeness (QED) is 0.129. The van der Waals surface area contributed by atoms with Gasteiger partial charge in [-0.05, 0) is 136 Å². The van der Waals surface area contributed by atoms with E-state index >= 15 is 0 Å². The SMILES string of the molecule is C(=C(c1ccc2ccccc2c1)c1ccc2ccccc2c1)c1ccc(/C=C/c2ccc(C/C(=C/c3ccc4ccccc4c3)c3ccc4ccccc4c3)cc2)cc1. The van der Waals surface area contributed by atoms with Gasteiger partial charge in [0.05, 0.1) is 0 Å². The third kappa shape index (κ3) is 8.03. The molecule has 0 heteroatoms. The molecule has 0 saturated carbocycles. The zero-order valence-corrected chi connectivity index (χ0v) is 32.8. The van der Waals surface area contributed by atoms with Gasteiger partial charge in [0, 0.05) is 0 Å². The first-order chi connectivity index (χ1) is 29.2. The van der Waals surface area contributed by atoms with Crippen LogP contribution in [0.1, 0.15) is 44.5 Å². The first-order valence-corrected chi connectivity index (χ1v) is 20.4. The molecule has 0 amide bonds. The van der Waals surface area contributed by atoms with Crippen molar-refractivity contribution in [3.63, 3.8) is 0 Å². The van der Waals surface area contributed by atoms with E-state index in [0.29, 0.717) is 0 Å². The highest BCUT2D eigenvalue weighted by atomic mass is 14.1. The molecule has 0 unspecified atom stereocenters. The molecule has 0 saturated heterocycles. The highest BCUT2D eigenvalue weighted by Gasteiger charge is 2.10. The standard InChI is InChI=1S/C59H42/c1-5-13-51-36-46(27-28-47(51)9-1)37-58(55-32-29-48-10-2-6-14-52(48)39-55)35-44-23-19-42(20-24-44)17-18-43-21-25-45(26-22-43)38-59(56-33-30-49-11-3-7-15-53(49)40-56)57-34-31-50-12-4-8-16-54(50)41-57/h1-34,36-41H,35H2/b18-17+,58-37-. The fraction of sp³-hybridized carbons (Fsp3) is 0.0169. The van der Waals surface area contributed by atoms with Gasteiger partial charge in [-0.2, -0.15) is 0 Å². The summed E-state index contributed by atoms with van der Waals surface area (Å²) in [5, 5.41) is 10.0. The minimum absolute atomic E-state index is 0.838. The number of benzene rings is 10. The molecule has 278 valence electrons. The van der Waals surface area contributed by atoms with Crippen LogP contribution in [-0.4, -0.2) is 0 Å². The molecule has 0 aromatic heterocycles. The fourth-order valence-corrected chi connectivity index (χ4v) is 8.20. The molecule has 0 spiro atoms. The zero-order chi connectivity index (χ0) is 39.4. The maximum absolute atomic E-state index is 2.36. The summed E-state index contributed by atoms with van der Waals surface area (Å²) < 4.78 is 0. The fourth-order valence-electron chi connectivity index (χ4n) is 8.20. The third-order valence-corrected chi connectivity index (χ3v) is 11.4. The van der Waals surface area contributed by atoms with E-state index in [1.807, 2.05) is 0 Å². The Bertz CT molecular complexity index is 3130. The second-order valence-corrected chi connectivity index (χ2v) is 15.4. The molecular formula is C59H42. The maximum atomic E-state index is 2.36. The second-order valence-electron chi connectivity index (χ2n) is 15.4. The van der Waals surface area contributed by atoms with Crippen LogP contribution in [0.2, 0.25) is 0 Å². The molecule has 0 atom stereocenters. The van der Waals surface area contributed by atoms with Crippen molar-refractivity contribution in [3.05, 3.63) is 263 Å². The van der Waals surface area contributed by atoms with Crippen molar-refractivity contribution in [3.8, 4) is 0 Å². The van der Waals surface area contributed by atoms with Crippen molar-refractivity contribution in [2.45, 2.75) is 6.42 Å². The van der Waals surface area contributed by atoms with Crippen LogP contribution in [-0.2, 0) is 6.42 Å². The summed E-state index contributed by atoms with van der Waals surface area (Å²) in [4.78, 5) is 0. The summed E-state index contributed by atoms with van der Waals surface area (Å²) in [6.07, 6.45) is 9.93. The maximum Gasteiger partial charge on any atom is -0.00196 e. The van der Waals surface area contributed by atoms with Crippen LogP contribution in [0.4, 0.5) is 0 Å². The topological polar surface area (TPSA) is 0 Å². The van der Waals surface area contributed by atoms with Crippen LogP contribution in [0, 0.1) is 0 Å². The second kappa shape index (κ2) is 16.1. The van der Waals surface area contributed by atoms with Gasteiger partial charge < -0.3 is 0 Å². The van der Waals surface area contributed by atoms with Crippen molar-refractivity contribution in [2.75, 3.05) is 0 Å². The molecule has 0 aliphatic rings. The Hall–Kier alpha value is -7.54. The Kier molecular flexibility index (Phi) is 9.80. The van der Waals surface area contributed by atoms with Crippen LogP contribution in [0.25, 0.3) is 78.5 Å². The minimum atomic E-state index is 0.838. The van der Waals surface area contributed by atoms with E-state index in [0.717, 1.165) is 6.42 Å². The van der Waals surface area contributed by atoms with Gasteiger partial charge in [-0.15, -0.1) is 0 Å². The van der Waals surface area contributed by atoms with Gasteiger partial charge in [0.15, 0.2) is 0 Å². The van der Waals surface area contributed by atoms with Crippen LogP contribution in [0.3, 0.4) is 0 Å². The van der Waals surface area contributed by atoms with Gasteiger partial charge in [-0.25, -0.2) is 0 Å². The predicted octanol–water partition coefficient (Wildman–Crippen LogP) is 15.8. The van der Waals surface area contributed by atoms with Gasteiger partial charge in [-0.3, -0.25) is 0 Å². The Morgan fingerprint density at radius 2 is 0.661 bits per heavy atom. The number of fused-ring (bicyclic) bond motifs is 4. The minimum Gasteiger partial charge on any atom is -0.0616 e. The van der Waals surface area contributed by atoms with Crippen molar-refractivity contribution < 1.29 is 0 Å². The summed E-state index contributed by atoms with van der Waals surface area (Å²) >= 11 is 0. The summed E-state index contributed by atoms with van der Waals surface area (Å²) in [5.41, 5.74) is 12.2. The van der Waals surface area contributed by atoms with Gasteiger partial charge in [0.25, 0.3) is 0 Å². The molecule has 0 radical (unpaired) electrons. The van der Waals surface area contributed by atoms with E-state index in [9.17, 15) is 0 Å². The van der Waals surface area contributed by atoms with E-state index in [-0.39, 0.29) is 0 Å². The van der Waals surface area contributed by atoms with Crippen molar-refractivity contribution >= 4 is 78.5 Å². The lowest BCUT2D eigenvalue weighted by atomic mass is 9.92. The third-order valence-electron chi connectivity index (χ3n) is 11.4. The lowest BCUT2D eigenvalue weighted by Gasteiger charge is -2.12. The van der Waals surface area contributed by atoms with Crippen LogP contribution in [0.5, 0.6) is 0 Å². The summed E-state index contributed by atoms with van der Waals surface area (Å²) in [6.45, 7) is 0. The molecule has 0 fully saturated rings. The van der Waals surface area contributed by atoms with Gasteiger partial charge in [0.1, 0.15) is 0 Å². The van der Waals surface area contributed by atoms with E-state index in [1.165, 1.54) is 98.7 Å². The normalized spacial score (nSPS) is 11.8. The number of hydrogen-bond donors (Lipinski definition) is 0. The number of allylic oxidation sites excluding steroid dienone is 1. The van der Waals surface area contributed by atoms with Gasteiger partial charge >= 0.3 is 0 Å². The molecule has 0 nitrogen and oxygen atoms in total. The highest BCUT2D eigenvalue weighted by molar-refractivity contribution is 5.98. The Morgan fingerprint density at radius 3 is 1.17 bits per heavy atom. The van der Waals surface area contributed by atoms with Crippen LogP contribution < -0.4 is 0 Å². The number of hydrogen-bond acceptors (Lipinski definition) is 0. The van der Waals surface area contributed by atoms with E-state index in [1.54, 1.807) is 0 Å². The van der Waals surface area contributed by atoms with Crippen LogP contribution >= 0.6 is 0 Å². The van der Waals surface area contributed by atoms with E-state index in [4.69, 9.17) is 0 Å². The van der Waals surface area contributed by atoms with E-state index in [2.05, 4.69) is 243 Å². The molecule has 10 rings (SSSR count). The van der Waals surface area contributed by atoms with E-state index < -0.39 is 0 Å². The Labute approximate surface area is 346 Å². The van der Waals surface area contributed by atoms with Gasteiger partial charge in [0.2, 0.25) is 0 Å². The molecule has 0 aliphatic heterocycles. The van der Waals surface area contributed by atoms with Crippen molar-refractivity contribution in [2.24, 2.45) is 0 Å². The van der Waals surface area contributed by atoms with Gasteiger partial charge in [-0.1, -0.05) is 212 Å². The smallest absolute Gasteiger partial charge is 0.00196 e. The van der Waals surface area contributed by atoms with Crippen molar-refractivity contribution in [1.82, 2.24) is 0 Å². The first-order valence-electron chi connectivity index (χ1n) is 20.4. The number of rotatable bonds is 9. The Balaban J connectivity index is 0.902. The summed E-state index contributed by atoms with van der Waals surface area (Å²) in [6, 6.07) is 79.4. The molecule has 0 heterocycles. The lowest BCUT2D eigenvalue weighted by molar-refractivity contribution is 1.29.